The van der Waals surface area contributed by atoms with E-state index in [1.54, 1.807) is 0 Å². The number of nitrogens with zero attached hydrogens (tertiary/aromatic N) is 2. The van der Waals surface area contributed by atoms with E-state index in [0.29, 0.717) is 25.0 Å². The number of halogens is 3. The Morgan fingerprint density at radius 1 is 1.00 bits per heavy atom. The molecule has 4 nitrogen and oxygen atoms in total. The third kappa shape index (κ3) is 4.23. The molecule has 26 heavy (non-hydrogen) atoms. The number of piperidine rings is 2. The third-order valence-electron chi connectivity index (χ3n) is 5.45. The predicted octanol–water partition coefficient (Wildman–Crippen LogP) is 3.59. The van der Waals surface area contributed by atoms with E-state index >= 15 is 0 Å². The van der Waals surface area contributed by atoms with E-state index in [9.17, 15) is 21.6 Å². The van der Waals surface area contributed by atoms with Crippen molar-refractivity contribution in [1.82, 2.24) is 9.21 Å². The fourth-order valence-corrected chi connectivity index (χ4v) is 5.44. The van der Waals surface area contributed by atoms with Crippen molar-refractivity contribution < 1.29 is 21.6 Å². The van der Waals surface area contributed by atoms with Crippen molar-refractivity contribution in [2.45, 2.75) is 49.7 Å². The molecule has 1 aromatic carbocycles. The summed E-state index contributed by atoms with van der Waals surface area (Å²) in [5.74, 6) is 0.678. The maximum Gasteiger partial charge on any atom is 0.416 e. The first kappa shape index (κ1) is 19.6. The van der Waals surface area contributed by atoms with E-state index in [-0.39, 0.29) is 4.90 Å². The van der Waals surface area contributed by atoms with Crippen LogP contribution in [0.4, 0.5) is 13.2 Å². The van der Waals surface area contributed by atoms with Crippen molar-refractivity contribution >= 4 is 10.0 Å². The summed E-state index contributed by atoms with van der Waals surface area (Å²) in [6, 6.07) is 4.16. The van der Waals surface area contributed by atoms with Crippen molar-refractivity contribution in [3.63, 3.8) is 0 Å². The largest absolute Gasteiger partial charge is 0.416 e. The normalized spacial score (nSPS) is 24.7. The summed E-state index contributed by atoms with van der Waals surface area (Å²) in [4.78, 5) is 2.39. The summed E-state index contributed by atoms with van der Waals surface area (Å²) in [5, 5.41) is 0. The highest BCUT2D eigenvalue weighted by Crippen LogP contribution is 2.31. The van der Waals surface area contributed by atoms with E-state index < -0.39 is 21.8 Å². The molecular weight excluding hydrogens is 365 g/mol. The number of rotatable bonds is 3. The van der Waals surface area contributed by atoms with Crippen molar-refractivity contribution in [1.29, 1.82) is 0 Å². The zero-order valence-corrected chi connectivity index (χ0v) is 15.7. The van der Waals surface area contributed by atoms with Crippen LogP contribution in [0.3, 0.4) is 0 Å². The molecule has 0 amide bonds. The Labute approximate surface area is 153 Å². The van der Waals surface area contributed by atoms with Gasteiger partial charge in [-0.1, -0.05) is 6.92 Å². The number of benzene rings is 1. The van der Waals surface area contributed by atoms with E-state index in [1.165, 1.54) is 17.1 Å². The van der Waals surface area contributed by atoms with E-state index in [2.05, 4.69) is 11.8 Å². The Morgan fingerprint density at radius 3 is 2.15 bits per heavy atom. The number of hydrogen-bond donors (Lipinski definition) is 0. The van der Waals surface area contributed by atoms with Crippen molar-refractivity contribution in [2.75, 3.05) is 26.2 Å². The molecule has 0 radical (unpaired) electrons. The van der Waals surface area contributed by atoms with Gasteiger partial charge in [0.05, 0.1) is 10.5 Å². The zero-order chi connectivity index (χ0) is 18.9. The molecule has 1 unspecified atom stereocenters. The van der Waals surface area contributed by atoms with Crippen molar-refractivity contribution in [3.05, 3.63) is 29.8 Å². The molecule has 2 saturated heterocycles. The summed E-state index contributed by atoms with van der Waals surface area (Å²) in [6.45, 7) is 5.21. The van der Waals surface area contributed by atoms with Crippen LogP contribution in [-0.2, 0) is 16.2 Å². The van der Waals surface area contributed by atoms with Crippen LogP contribution in [0.15, 0.2) is 29.2 Å². The molecule has 3 rings (SSSR count). The first-order chi connectivity index (χ1) is 12.2. The molecule has 0 N–H and O–H groups in total. The lowest BCUT2D eigenvalue weighted by Crippen LogP contribution is -2.49. The van der Waals surface area contributed by atoms with Gasteiger partial charge in [-0.25, -0.2) is 8.42 Å². The fraction of sp³-hybridized carbons (Fsp3) is 0.667. The highest BCUT2D eigenvalue weighted by atomic mass is 32.2. The van der Waals surface area contributed by atoms with Gasteiger partial charge in [0.25, 0.3) is 0 Å². The van der Waals surface area contributed by atoms with Gasteiger partial charge < -0.3 is 4.90 Å². The standard InChI is InChI=1S/C18H25F3N2O2S/c1-14-3-2-10-22(13-14)16-8-11-23(12-9-16)26(24,25)17-6-4-15(5-7-17)18(19,20)21/h4-7,14,16H,2-3,8-13H2,1H3. The SMILES string of the molecule is CC1CCCN(C2CCN(S(=O)(=O)c3ccc(C(F)(F)F)cc3)CC2)C1. The van der Waals surface area contributed by atoms with Gasteiger partial charge in [-0.3, -0.25) is 0 Å². The smallest absolute Gasteiger partial charge is 0.300 e. The van der Waals surface area contributed by atoms with Crippen molar-refractivity contribution in [2.24, 2.45) is 5.92 Å². The molecule has 0 saturated carbocycles. The molecule has 0 bridgehead atoms. The van der Waals surface area contributed by atoms with E-state index in [4.69, 9.17) is 0 Å². The average molecular weight is 390 g/mol. The summed E-state index contributed by atoms with van der Waals surface area (Å²) in [5.41, 5.74) is -0.839. The summed E-state index contributed by atoms with van der Waals surface area (Å²) < 4.78 is 64.8. The van der Waals surface area contributed by atoms with Gasteiger partial charge in [0, 0.05) is 25.7 Å². The Bertz CT molecular complexity index is 711. The minimum absolute atomic E-state index is 0.0736. The van der Waals surface area contributed by atoms with Gasteiger partial charge in [0.1, 0.15) is 0 Å². The first-order valence-electron chi connectivity index (χ1n) is 9.09. The molecule has 0 aliphatic carbocycles. The van der Waals surface area contributed by atoms with Crippen LogP contribution in [0.25, 0.3) is 0 Å². The van der Waals surface area contributed by atoms with E-state index in [1.807, 2.05) is 0 Å². The lowest BCUT2D eigenvalue weighted by atomic mass is 9.96. The summed E-state index contributed by atoms with van der Waals surface area (Å²) in [7, 11) is -3.74. The highest BCUT2D eigenvalue weighted by Gasteiger charge is 2.34. The lowest BCUT2D eigenvalue weighted by molar-refractivity contribution is -0.137. The first-order valence-corrected chi connectivity index (χ1v) is 10.5. The number of sulfonamides is 1. The molecule has 8 heteroatoms. The number of hydrogen-bond acceptors (Lipinski definition) is 3. The van der Waals surface area contributed by atoms with Crippen molar-refractivity contribution in [3.8, 4) is 0 Å². The lowest BCUT2D eigenvalue weighted by Gasteiger charge is -2.41. The predicted molar refractivity (Wildman–Crippen MR) is 93.2 cm³/mol. The van der Waals surface area contributed by atoms with Gasteiger partial charge in [0.2, 0.25) is 10.0 Å². The molecule has 1 atom stereocenters. The van der Waals surface area contributed by atoms with Crippen LogP contribution in [0, 0.1) is 5.92 Å². The van der Waals surface area contributed by atoms with Gasteiger partial charge in [-0.2, -0.15) is 17.5 Å². The molecule has 2 fully saturated rings. The van der Waals surface area contributed by atoms with Crippen LogP contribution in [-0.4, -0.2) is 49.8 Å². The Morgan fingerprint density at radius 2 is 1.62 bits per heavy atom. The van der Waals surface area contributed by atoms with Gasteiger partial charge in [-0.15, -0.1) is 0 Å². The minimum atomic E-state index is -4.47. The van der Waals surface area contributed by atoms with Gasteiger partial charge in [0.15, 0.2) is 0 Å². The fourth-order valence-electron chi connectivity index (χ4n) is 3.97. The number of alkyl halides is 3. The second-order valence-electron chi connectivity index (χ2n) is 7.40. The quantitative estimate of drug-likeness (QED) is 0.792. The second kappa shape index (κ2) is 7.48. The monoisotopic (exact) mass is 390 g/mol. The molecular formula is C18H25F3N2O2S. The molecule has 2 aliphatic rings. The molecule has 0 spiro atoms. The third-order valence-corrected chi connectivity index (χ3v) is 7.36. The summed E-state index contributed by atoms with van der Waals surface area (Å²) >= 11 is 0. The van der Waals surface area contributed by atoms with Crippen LogP contribution >= 0.6 is 0 Å². The topological polar surface area (TPSA) is 40.6 Å². The van der Waals surface area contributed by atoms with Crippen LogP contribution in [0.1, 0.15) is 38.2 Å². The number of likely N-dealkylation sites (tertiary alicyclic amines) is 1. The van der Waals surface area contributed by atoms with Crippen LogP contribution < -0.4 is 0 Å². The molecule has 2 heterocycles. The summed E-state index contributed by atoms with van der Waals surface area (Å²) in [6.07, 6.45) is -0.492. The molecule has 146 valence electrons. The minimum Gasteiger partial charge on any atom is -0.300 e. The molecule has 2 aliphatic heterocycles. The second-order valence-corrected chi connectivity index (χ2v) is 9.34. The Balaban J connectivity index is 1.64. The van der Waals surface area contributed by atoms with Gasteiger partial charge in [-0.05, 0) is 62.4 Å². The average Bonchev–Trinajstić information content (AvgIpc) is 2.61. The van der Waals surface area contributed by atoms with Crippen LogP contribution in [0.5, 0.6) is 0 Å². The van der Waals surface area contributed by atoms with E-state index in [0.717, 1.165) is 50.2 Å². The Hall–Kier alpha value is -1.12. The van der Waals surface area contributed by atoms with Crippen LogP contribution in [0.2, 0.25) is 0 Å². The zero-order valence-electron chi connectivity index (χ0n) is 14.9. The molecule has 1 aromatic rings. The van der Waals surface area contributed by atoms with Gasteiger partial charge >= 0.3 is 6.18 Å². The Kier molecular flexibility index (Phi) is 5.65. The maximum absolute atomic E-state index is 12.7. The molecule has 0 aromatic heterocycles. The maximum atomic E-state index is 12.7. The highest BCUT2D eigenvalue weighted by molar-refractivity contribution is 7.89.